The van der Waals surface area contributed by atoms with Gasteiger partial charge in [-0.2, -0.15) is 0 Å². The number of hydrogen-bond acceptors (Lipinski definition) is 6. The molecule has 0 spiro atoms. The summed E-state index contributed by atoms with van der Waals surface area (Å²) in [6, 6.07) is 9.28. The van der Waals surface area contributed by atoms with E-state index in [4.69, 9.17) is 5.73 Å². The summed E-state index contributed by atoms with van der Waals surface area (Å²) in [4.78, 5) is 44.0. The number of aliphatic hydroxyl groups excluding tert-OH is 1. The van der Waals surface area contributed by atoms with Crippen LogP contribution in [0.4, 0.5) is 17.2 Å². The van der Waals surface area contributed by atoms with Crippen molar-refractivity contribution >= 4 is 23.1 Å². The minimum atomic E-state index is -0.691. The van der Waals surface area contributed by atoms with Gasteiger partial charge in [-0.15, -0.1) is 0 Å². The predicted molar refractivity (Wildman–Crippen MR) is 128 cm³/mol. The molecule has 0 saturated carbocycles. The number of nitrogens with two attached hydrogens (primary N) is 1. The number of carbonyl (C=O) groups excluding carboxylic acids is 1. The molecular formula is C23H35N5O4. The fraction of sp³-hybridized carbons (Fsp3) is 0.522. The number of hydrogen-bond donors (Lipinski definition) is 3. The van der Waals surface area contributed by atoms with Crippen LogP contribution in [-0.2, 0) is 11.3 Å². The van der Waals surface area contributed by atoms with Crippen LogP contribution in [0.1, 0.15) is 34.6 Å². The average Bonchev–Trinajstić information content (AvgIpc) is 2.69. The van der Waals surface area contributed by atoms with Gasteiger partial charge in [-0.25, -0.2) is 4.79 Å². The Balaban J connectivity index is 2.50. The lowest BCUT2D eigenvalue weighted by molar-refractivity contribution is -0.117. The number of nitrogens with one attached hydrogen (secondary N) is 1. The molecule has 0 aliphatic carbocycles. The number of nitrogen functional groups attached to an aromatic ring is 1. The van der Waals surface area contributed by atoms with Crippen molar-refractivity contribution < 1.29 is 9.90 Å². The van der Waals surface area contributed by atoms with Gasteiger partial charge in [0, 0.05) is 25.3 Å². The summed E-state index contributed by atoms with van der Waals surface area (Å²) in [6.45, 7) is 10.1. The van der Waals surface area contributed by atoms with Crippen molar-refractivity contribution in [1.29, 1.82) is 0 Å². The van der Waals surface area contributed by atoms with Crippen molar-refractivity contribution in [3.8, 4) is 0 Å². The van der Waals surface area contributed by atoms with Gasteiger partial charge < -0.3 is 20.6 Å². The molecule has 2 aromatic rings. The van der Waals surface area contributed by atoms with Gasteiger partial charge in [-0.3, -0.25) is 19.1 Å². The minimum Gasteiger partial charge on any atom is -0.392 e. The second-order valence-electron chi connectivity index (χ2n) is 8.96. The van der Waals surface area contributed by atoms with Crippen molar-refractivity contribution in [1.82, 2.24) is 9.55 Å². The van der Waals surface area contributed by atoms with Crippen LogP contribution >= 0.6 is 0 Å². The average molecular weight is 446 g/mol. The third-order valence-corrected chi connectivity index (χ3v) is 4.81. The molecule has 9 nitrogen and oxygen atoms in total. The molecule has 0 saturated heterocycles. The molecule has 1 atom stereocenters. The van der Waals surface area contributed by atoms with Gasteiger partial charge in [0.1, 0.15) is 5.82 Å². The second-order valence-corrected chi connectivity index (χ2v) is 8.96. The smallest absolute Gasteiger partial charge is 0.330 e. The lowest BCUT2D eigenvalue weighted by atomic mass is 10.1. The van der Waals surface area contributed by atoms with Crippen LogP contribution in [0.25, 0.3) is 0 Å². The number of nitrogens with zero attached hydrogens (tertiary/aromatic N) is 3. The lowest BCUT2D eigenvalue weighted by Crippen LogP contribution is -2.47. The fourth-order valence-corrected chi connectivity index (χ4v) is 3.54. The van der Waals surface area contributed by atoms with Gasteiger partial charge in [-0.05, 0) is 30.9 Å². The molecule has 0 radical (unpaired) electrons. The molecule has 0 bridgehead atoms. The van der Waals surface area contributed by atoms with Gasteiger partial charge in [0.25, 0.3) is 5.56 Å². The number of aromatic nitrogens is 2. The molecule has 1 aromatic carbocycles. The minimum absolute atomic E-state index is 0.0194. The van der Waals surface area contributed by atoms with Crippen LogP contribution in [0, 0.1) is 11.8 Å². The van der Waals surface area contributed by atoms with Crippen LogP contribution in [-0.4, -0.2) is 46.3 Å². The zero-order chi connectivity index (χ0) is 24.0. The number of aromatic amines is 1. The Morgan fingerprint density at radius 1 is 1.06 bits per heavy atom. The third kappa shape index (κ3) is 6.46. The van der Waals surface area contributed by atoms with Gasteiger partial charge >= 0.3 is 5.69 Å². The molecule has 2 rings (SSSR count). The quantitative estimate of drug-likeness (QED) is 0.511. The van der Waals surface area contributed by atoms with Gasteiger partial charge in [0.15, 0.2) is 5.69 Å². The number of H-pyrrole nitrogens is 1. The fourth-order valence-electron chi connectivity index (χ4n) is 3.54. The Hall–Kier alpha value is -3.07. The highest BCUT2D eigenvalue weighted by Crippen LogP contribution is 2.21. The highest BCUT2D eigenvalue weighted by molar-refractivity contribution is 5.98. The van der Waals surface area contributed by atoms with Crippen LogP contribution in [0.2, 0.25) is 0 Å². The van der Waals surface area contributed by atoms with E-state index in [1.807, 2.05) is 58.0 Å². The highest BCUT2D eigenvalue weighted by Gasteiger charge is 2.27. The van der Waals surface area contributed by atoms with E-state index in [-0.39, 0.29) is 48.9 Å². The summed E-state index contributed by atoms with van der Waals surface area (Å²) in [5.41, 5.74) is 5.74. The van der Waals surface area contributed by atoms with E-state index in [1.165, 1.54) is 9.47 Å². The number of benzene rings is 1. The van der Waals surface area contributed by atoms with Crippen molar-refractivity contribution in [2.75, 3.05) is 35.2 Å². The molecule has 0 fully saturated rings. The first-order valence-corrected chi connectivity index (χ1v) is 10.9. The second kappa shape index (κ2) is 11.0. The van der Waals surface area contributed by atoms with Crippen LogP contribution < -0.4 is 26.8 Å². The van der Waals surface area contributed by atoms with Crippen molar-refractivity contribution in [3.63, 3.8) is 0 Å². The van der Waals surface area contributed by atoms with Crippen molar-refractivity contribution in [2.24, 2.45) is 11.8 Å². The van der Waals surface area contributed by atoms with Crippen LogP contribution in [0.3, 0.4) is 0 Å². The Kier molecular flexibility index (Phi) is 8.65. The Morgan fingerprint density at radius 2 is 1.69 bits per heavy atom. The molecule has 32 heavy (non-hydrogen) atoms. The predicted octanol–water partition coefficient (Wildman–Crippen LogP) is 1.65. The molecule has 4 N–H and O–H groups in total. The molecule has 176 valence electrons. The maximum Gasteiger partial charge on any atom is 0.330 e. The van der Waals surface area contributed by atoms with Gasteiger partial charge in [-0.1, -0.05) is 45.9 Å². The van der Waals surface area contributed by atoms with Gasteiger partial charge in [0.05, 0.1) is 12.6 Å². The number of amides is 1. The SMILES string of the molecule is CC(C)CN(C(=O)CN(CC(C)O)c1ccccc1)c1c(N)n(CC(C)C)c(=O)[nH]c1=O. The normalized spacial score (nSPS) is 12.2. The summed E-state index contributed by atoms with van der Waals surface area (Å²) >= 11 is 0. The largest absolute Gasteiger partial charge is 0.392 e. The number of aliphatic hydroxyl groups is 1. The van der Waals surface area contributed by atoms with E-state index < -0.39 is 17.4 Å². The number of para-hydroxylation sites is 1. The van der Waals surface area contributed by atoms with Gasteiger partial charge in [0.2, 0.25) is 5.91 Å². The zero-order valence-electron chi connectivity index (χ0n) is 19.5. The van der Waals surface area contributed by atoms with Crippen LogP contribution in [0.5, 0.6) is 0 Å². The standard InChI is InChI=1S/C23H35N5O4/c1-15(2)11-27(20-21(24)28(12-16(3)4)23(32)25-22(20)31)19(30)14-26(13-17(5)29)18-9-7-6-8-10-18/h6-10,15-17,29H,11-14,24H2,1-5H3,(H,25,31,32). The Bertz CT molecular complexity index is 1010. The maximum absolute atomic E-state index is 13.5. The van der Waals surface area contributed by atoms with E-state index in [1.54, 1.807) is 11.8 Å². The molecule has 9 heteroatoms. The Labute approximate surface area is 188 Å². The van der Waals surface area contributed by atoms with Crippen molar-refractivity contribution in [3.05, 3.63) is 51.2 Å². The molecule has 1 unspecified atom stereocenters. The van der Waals surface area contributed by atoms with E-state index in [9.17, 15) is 19.5 Å². The summed E-state index contributed by atoms with van der Waals surface area (Å²) in [5.74, 6) is -0.217. The molecule has 0 aliphatic rings. The monoisotopic (exact) mass is 445 g/mol. The summed E-state index contributed by atoms with van der Waals surface area (Å²) in [6.07, 6.45) is -0.664. The van der Waals surface area contributed by atoms with E-state index in [0.29, 0.717) is 6.54 Å². The molecular weight excluding hydrogens is 410 g/mol. The lowest BCUT2D eigenvalue weighted by Gasteiger charge is -2.31. The summed E-state index contributed by atoms with van der Waals surface area (Å²) in [5, 5.41) is 9.96. The van der Waals surface area contributed by atoms with E-state index in [2.05, 4.69) is 4.98 Å². The molecule has 1 amide bonds. The summed E-state index contributed by atoms with van der Waals surface area (Å²) < 4.78 is 1.30. The zero-order valence-corrected chi connectivity index (χ0v) is 19.5. The number of rotatable bonds is 10. The Morgan fingerprint density at radius 3 is 2.22 bits per heavy atom. The summed E-state index contributed by atoms with van der Waals surface area (Å²) in [7, 11) is 0. The van der Waals surface area contributed by atoms with Crippen molar-refractivity contribution in [2.45, 2.75) is 47.3 Å². The number of anilines is 3. The van der Waals surface area contributed by atoms with E-state index >= 15 is 0 Å². The first-order chi connectivity index (χ1) is 15.0. The third-order valence-electron chi connectivity index (χ3n) is 4.81. The van der Waals surface area contributed by atoms with E-state index in [0.717, 1.165) is 5.69 Å². The molecule has 1 aromatic heterocycles. The highest BCUT2D eigenvalue weighted by atomic mass is 16.3. The topological polar surface area (TPSA) is 125 Å². The maximum atomic E-state index is 13.5. The first-order valence-electron chi connectivity index (χ1n) is 10.9. The molecule has 1 heterocycles. The molecule has 0 aliphatic heterocycles. The number of carbonyl (C=O) groups is 1. The first kappa shape index (κ1) is 25.2. The van der Waals surface area contributed by atoms with Crippen LogP contribution in [0.15, 0.2) is 39.9 Å².